The Morgan fingerprint density at radius 3 is 2.68 bits per heavy atom. The first-order valence-electron chi connectivity index (χ1n) is 8.65. The zero-order valence-corrected chi connectivity index (χ0v) is 15.0. The second kappa shape index (κ2) is 7.80. The first-order chi connectivity index (χ1) is 12.1. The SMILES string of the molecule is Cc1cccc(C(CNC(=O)c2c(C)noc2C)N2CCOCC2)c1. The molecular weight excluding hydrogens is 318 g/mol. The molecule has 134 valence electrons. The molecule has 2 heterocycles. The number of carbonyl (C=O) groups is 1. The second-order valence-electron chi connectivity index (χ2n) is 6.49. The lowest BCUT2D eigenvalue weighted by Crippen LogP contribution is -2.44. The molecule has 1 aromatic heterocycles. The molecule has 0 bridgehead atoms. The van der Waals surface area contributed by atoms with Gasteiger partial charge in [0, 0.05) is 19.6 Å². The summed E-state index contributed by atoms with van der Waals surface area (Å²) in [5.41, 5.74) is 3.58. The van der Waals surface area contributed by atoms with E-state index < -0.39 is 0 Å². The number of benzene rings is 1. The number of nitrogens with zero attached hydrogens (tertiary/aromatic N) is 2. The maximum atomic E-state index is 12.6. The maximum absolute atomic E-state index is 12.6. The van der Waals surface area contributed by atoms with E-state index in [0.717, 1.165) is 26.3 Å². The molecule has 1 atom stereocenters. The molecule has 1 fully saturated rings. The molecule has 1 N–H and O–H groups in total. The molecule has 0 aliphatic carbocycles. The van der Waals surface area contributed by atoms with Crippen LogP contribution in [-0.2, 0) is 4.74 Å². The average Bonchev–Trinajstić information content (AvgIpc) is 2.94. The van der Waals surface area contributed by atoms with Crippen LogP contribution >= 0.6 is 0 Å². The summed E-state index contributed by atoms with van der Waals surface area (Å²) >= 11 is 0. The predicted molar refractivity (Wildman–Crippen MR) is 94.6 cm³/mol. The molecule has 1 aromatic carbocycles. The van der Waals surface area contributed by atoms with Crippen molar-refractivity contribution in [2.24, 2.45) is 0 Å². The van der Waals surface area contributed by atoms with Gasteiger partial charge in [0.25, 0.3) is 5.91 Å². The molecule has 1 amide bonds. The Morgan fingerprint density at radius 2 is 2.04 bits per heavy atom. The largest absolute Gasteiger partial charge is 0.379 e. The van der Waals surface area contributed by atoms with Crippen molar-refractivity contribution >= 4 is 5.91 Å². The first kappa shape index (κ1) is 17.6. The van der Waals surface area contributed by atoms with E-state index >= 15 is 0 Å². The van der Waals surface area contributed by atoms with Gasteiger partial charge in [-0.3, -0.25) is 9.69 Å². The number of aromatic nitrogens is 1. The standard InChI is InChI=1S/C19H25N3O3/c1-13-5-4-6-16(11-13)17(22-7-9-24-10-8-22)12-20-19(23)18-14(2)21-25-15(18)3/h4-6,11,17H,7-10,12H2,1-3H3,(H,20,23). The van der Waals surface area contributed by atoms with Crippen LogP contribution in [0.2, 0.25) is 0 Å². The van der Waals surface area contributed by atoms with Crippen molar-refractivity contribution in [1.29, 1.82) is 0 Å². The van der Waals surface area contributed by atoms with Gasteiger partial charge >= 0.3 is 0 Å². The fourth-order valence-corrected chi connectivity index (χ4v) is 3.31. The number of aryl methyl sites for hydroxylation is 3. The Balaban J connectivity index is 1.76. The van der Waals surface area contributed by atoms with Crippen LogP contribution in [0.1, 0.15) is 39.0 Å². The number of nitrogens with one attached hydrogen (secondary N) is 1. The first-order valence-corrected chi connectivity index (χ1v) is 8.65. The highest BCUT2D eigenvalue weighted by molar-refractivity contribution is 5.96. The minimum Gasteiger partial charge on any atom is -0.379 e. The van der Waals surface area contributed by atoms with Gasteiger partial charge in [-0.1, -0.05) is 35.0 Å². The summed E-state index contributed by atoms with van der Waals surface area (Å²) in [7, 11) is 0. The van der Waals surface area contributed by atoms with Crippen LogP contribution in [0.5, 0.6) is 0 Å². The van der Waals surface area contributed by atoms with Crippen molar-refractivity contribution in [2.45, 2.75) is 26.8 Å². The van der Waals surface area contributed by atoms with Gasteiger partial charge in [0.1, 0.15) is 11.3 Å². The van der Waals surface area contributed by atoms with Crippen LogP contribution in [0.15, 0.2) is 28.8 Å². The highest BCUT2D eigenvalue weighted by Crippen LogP contribution is 2.22. The number of hydrogen-bond acceptors (Lipinski definition) is 5. The van der Waals surface area contributed by atoms with E-state index in [1.54, 1.807) is 13.8 Å². The van der Waals surface area contributed by atoms with Crippen molar-refractivity contribution in [1.82, 2.24) is 15.4 Å². The Labute approximate surface area is 148 Å². The summed E-state index contributed by atoms with van der Waals surface area (Å²) in [5.74, 6) is 0.413. The Kier molecular flexibility index (Phi) is 5.50. The van der Waals surface area contributed by atoms with Gasteiger partial charge in [-0.05, 0) is 26.3 Å². The van der Waals surface area contributed by atoms with Crippen LogP contribution < -0.4 is 5.32 Å². The summed E-state index contributed by atoms with van der Waals surface area (Å²) < 4.78 is 10.6. The highest BCUT2D eigenvalue weighted by Gasteiger charge is 2.25. The summed E-state index contributed by atoms with van der Waals surface area (Å²) in [4.78, 5) is 14.9. The number of rotatable bonds is 5. The van der Waals surface area contributed by atoms with Gasteiger partial charge in [-0.2, -0.15) is 0 Å². The zero-order chi connectivity index (χ0) is 17.8. The second-order valence-corrected chi connectivity index (χ2v) is 6.49. The van der Waals surface area contributed by atoms with Gasteiger partial charge in [-0.15, -0.1) is 0 Å². The summed E-state index contributed by atoms with van der Waals surface area (Å²) in [5, 5.41) is 6.92. The van der Waals surface area contributed by atoms with Crippen molar-refractivity contribution in [3.05, 3.63) is 52.4 Å². The number of ether oxygens (including phenoxy) is 1. The molecule has 1 unspecified atom stereocenters. The van der Waals surface area contributed by atoms with E-state index in [1.165, 1.54) is 11.1 Å². The van der Waals surface area contributed by atoms with Crippen LogP contribution in [0.4, 0.5) is 0 Å². The van der Waals surface area contributed by atoms with E-state index in [1.807, 2.05) is 0 Å². The number of hydrogen-bond donors (Lipinski definition) is 1. The molecule has 0 radical (unpaired) electrons. The minimum atomic E-state index is -0.137. The van der Waals surface area contributed by atoms with E-state index in [0.29, 0.717) is 23.6 Å². The third kappa shape index (κ3) is 4.08. The van der Waals surface area contributed by atoms with Crippen molar-refractivity contribution < 1.29 is 14.1 Å². The lowest BCUT2D eigenvalue weighted by atomic mass is 10.0. The van der Waals surface area contributed by atoms with Crippen molar-refractivity contribution in [2.75, 3.05) is 32.8 Å². The Bertz CT molecular complexity index is 716. The smallest absolute Gasteiger partial charge is 0.256 e. The average molecular weight is 343 g/mol. The third-order valence-electron chi connectivity index (χ3n) is 4.63. The molecule has 6 nitrogen and oxygen atoms in total. The van der Waals surface area contributed by atoms with Crippen LogP contribution in [0.25, 0.3) is 0 Å². The van der Waals surface area contributed by atoms with Crippen LogP contribution in [0, 0.1) is 20.8 Å². The molecule has 3 rings (SSSR count). The van der Waals surface area contributed by atoms with Gasteiger partial charge < -0.3 is 14.6 Å². The predicted octanol–water partition coefficient (Wildman–Crippen LogP) is 2.40. The van der Waals surface area contributed by atoms with Gasteiger partial charge in [-0.25, -0.2) is 0 Å². The van der Waals surface area contributed by atoms with E-state index in [2.05, 4.69) is 46.6 Å². The number of carbonyl (C=O) groups excluding carboxylic acids is 1. The van der Waals surface area contributed by atoms with Crippen molar-refractivity contribution in [3.8, 4) is 0 Å². The molecule has 6 heteroatoms. The Hall–Kier alpha value is -2.18. The fraction of sp³-hybridized carbons (Fsp3) is 0.474. The molecule has 0 saturated carbocycles. The van der Waals surface area contributed by atoms with Crippen LogP contribution in [-0.4, -0.2) is 48.8 Å². The highest BCUT2D eigenvalue weighted by atomic mass is 16.5. The summed E-state index contributed by atoms with van der Waals surface area (Å²) in [6.45, 7) is 9.33. The van der Waals surface area contributed by atoms with Gasteiger partial charge in [0.05, 0.1) is 24.9 Å². The maximum Gasteiger partial charge on any atom is 0.256 e. The lowest BCUT2D eigenvalue weighted by molar-refractivity contribution is 0.0162. The quantitative estimate of drug-likeness (QED) is 0.903. The van der Waals surface area contributed by atoms with Gasteiger partial charge in [0.15, 0.2) is 0 Å². The summed E-state index contributed by atoms with van der Waals surface area (Å²) in [6.07, 6.45) is 0. The Morgan fingerprint density at radius 1 is 1.28 bits per heavy atom. The van der Waals surface area contributed by atoms with E-state index in [4.69, 9.17) is 9.26 Å². The molecule has 1 aliphatic heterocycles. The minimum absolute atomic E-state index is 0.119. The molecular formula is C19H25N3O3. The summed E-state index contributed by atoms with van der Waals surface area (Å²) in [6, 6.07) is 8.57. The molecule has 25 heavy (non-hydrogen) atoms. The van der Waals surface area contributed by atoms with E-state index in [9.17, 15) is 4.79 Å². The zero-order valence-electron chi connectivity index (χ0n) is 15.0. The number of morpholine rings is 1. The topological polar surface area (TPSA) is 67.6 Å². The van der Waals surface area contributed by atoms with Crippen molar-refractivity contribution in [3.63, 3.8) is 0 Å². The molecule has 0 spiro atoms. The molecule has 1 saturated heterocycles. The fourth-order valence-electron chi connectivity index (χ4n) is 3.31. The van der Waals surface area contributed by atoms with Gasteiger partial charge in [0.2, 0.25) is 0 Å². The monoisotopic (exact) mass is 343 g/mol. The molecule has 1 aliphatic rings. The third-order valence-corrected chi connectivity index (χ3v) is 4.63. The lowest BCUT2D eigenvalue weighted by Gasteiger charge is -2.35. The van der Waals surface area contributed by atoms with Crippen LogP contribution in [0.3, 0.4) is 0 Å². The normalized spacial score (nSPS) is 16.6. The van der Waals surface area contributed by atoms with E-state index in [-0.39, 0.29) is 11.9 Å². The number of amides is 1. The molecule has 2 aromatic rings.